The van der Waals surface area contributed by atoms with Crippen LogP contribution in [0.25, 0.3) is 0 Å². The van der Waals surface area contributed by atoms with Gasteiger partial charge in [0.1, 0.15) is 48.8 Å². The molecule has 6 N–H and O–H groups in total. The molecule has 0 aromatic rings. The van der Waals surface area contributed by atoms with Gasteiger partial charge in [0.25, 0.3) is 0 Å². The van der Waals surface area contributed by atoms with Gasteiger partial charge in [0.2, 0.25) is 0 Å². The zero-order chi connectivity index (χ0) is 29.8. The van der Waals surface area contributed by atoms with Gasteiger partial charge in [-0.25, -0.2) is 0 Å². The summed E-state index contributed by atoms with van der Waals surface area (Å²) >= 11 is 0. The van der Waals surface area contributed by atoms with Crippen molar-refractivity contribution in [2.24, 2.45) is 5.92 Å². The van der Waals surface area contributed by atoms with Crippen LogP contribution in [0.5, 0.6) is 0 Å². The predicted molar refractivity (Wildman–Crippen MR) is 135 cm³/mol. The fourth-order valence-electron chi connectivity index (χ4n) is 6.18. The first-order valence-electron chi connectivity index (χ1n) is 14.6. The standard InChI is InChI=1S/C27H46O14.Na/c1-12-18(29)20(31)21(32)26(37-12)41-23-13(2)36-9-8-15(23)39-27-22(33)24(19(30)17(11-28)40-27)38-16(25(34)35)10-14-6-4-3-5-7-14;/h12-24,26-33H,3-11H2,1-2H3,(H,34,35);/q;+1/p-1/t12-,13+,15+,16-,17+,18+,19-,20+,21-,22+,23+,24-,26-,27+;/m0./s1. The third-order valence-electron chi connectivity index (χ3n) is 8.70. The number of carbonyl (C=O) groups excluding carboxylic acids is 1. The van der Waals surface area contributed by atoms with Crippen molar-refractivity contribution in [3.8, 4) is 0 Å². The minimum Gasteiger partial charge on any atom is -0.547 e. The topological polar surface area (TPSA) is 217 Å². The number of carboxylic acid groups (broad SMARTS) is 1. The molecule has 0 radical (unpaired) electrons. The van der Waals surface area contributed by atoms with Gasteiger partial charge in [0.05, 0.1) is 37.0 Å². The monoisotopic (exact) mass is 616 g/mol. The van der Waals surface area contributed by atoms with E-state index in [0.29, 0.717) is 0 Å². The van der Waals surface area contributed by atoms with Crippen LogP contribution in [0.2, 0.25) is 0 Å². The predicted octanol–water partition coefficient (Wildman–Crippen LogP) is -5.69. The Morgan fingerprint density at radius 1 is 0.833 bits per heavy atom. The molecule has 0 amide bonds. The fraction of sp³-hybridized carbons (Fsp3) is 0.963. The molecular weight excluding hydrogens is 571 g/mol. The van der Waals surface area contributed by atoms with Gasteiger partial charge in [0, 0.05) is 6.61 Å². The number of ether oxygens (including phenoxy) is 6. The number of hydrogen-bond donors (Lipinski definition) is 6. The summed E-state index contributed by atoms with van der Waals surface area (Å²) in [4.78, 5) is 12.0. The summed E-state index contributed by atoms with van der Waals surface area (Å²) in [6.45, 7) is 2.81. The Morgan fingerprint density at radius 3 is 2.14 bits per heavy atom. The maximum Gasteiger partial charge on any atom is 1.00 e. The Morgan fingerprint density at radius 2 is 1.50 bits per heavy atom. The number of hydrogen-bond acceptors (Lipinski definition) is 14. The van der Waals surface area contributed by atoms with Crippen LogP contribution in [0.15, 0.2) is 0 Å². The summed E-state index contributed by atoms with van der Waals surface area (Å²) in [5, 5.41) is 74.4. The molecule has 15 heteroatoms. The van der Waals surface area contributed by atoms with Crippen LogP contribution in [-0.4, -0.2) is 136 Å². The summed E-state index contributed by atoms with van der Waals surface area (Å²) in [6, 6.07) is 0. The molecule has 4 aliphatic rings. The molecule has 0 spiro atoms. The molecule has 3 saturated heterocycles. The largest absolute Gasteiger partial charge is 1.00 e. The minimum absolute atomic E-state index is 0. The number of carbonyl (C=O) groups is 1. The molecule has 1 aliphatic carbocycles. The molecule has 238 valence electrons. The smallest absolute Gasteiger partial charge is 0.547 e. The first kappa shape index (κ1) is 36.5. The summed E-state index contributed by atoms with van der Waals surface area (Å²) < 4.78 is 34.7. The number of aliphatic hydroxyl groups is 6. The minimum atomic E-state index is -1.65. The Hall–Kier alpha value is -0.0100. The van der Waals surface area contributed by atoms with E-state index in [1.807, 2.05) is 0 Å². The van der Waals surface area contributed by atoms with Crippen LogP contribution >= 0.6 is 0 Å². The van der Waals surface area contributed by atoms with Crippen LogP contribution < -0.4 is 34.7 Å². The van der Waals surface area contributed by atoms with E-state index in [0.717, 1.165) is 32.1 Å². The van der Waals surface area contributed by atoms with E-state index in [-0.39, 0.29) is 54.9 Å². The summed E-state index contributed by atoms with van der Waals surface area (Å²) in [7, 11) is 0. The van der Waals surface area contributed by atoms with Gasteiger partial charge in [0.15, 0.2) is 12.6 Å². The SMILES string of the molecule is C[C@@H]1O[C@@H](O[C@@H]2[C@@H](C)OCC[C@H]2O[C@@H]2O[C@H](CO)[C@H](O)[C@H](O[C@@H](CC3CCCCC3)C(=O)[O-])[C@H]2O)[C@@H](O)[C@H](O)[C@@H]1O.[Na+]. The van der Waals surface area contributed by atoms with Crippen molar-refractivity contribution < 1.29 is 98.5 Å². The molecule has 3 aliphatic heterocycles. The van der Waals surface area contributed by atoms with Gasteiger partial charge in [-0.1, -0.05) is 32.1 Å². The maximum absolute atomic E-state index is 12.0. The molecule has 4 rings (SSSR count). The molecule has 0 aromatic heterocycles. The van der Waals surface area contributed by atoms with E-state index in [1.54, 1.807) is 6.92 Å². The maximum atomic E-state index is 12.0. The van der Waals surface area contributed by atoms with E-state index < -0.39 is 98.4 Å². The average Bonchev–Trinajstić information content (AvgIpc) is 2.95. The van der Waals surface area contributed by atoms with Crippen molar-refractivity contribution in [1.29, 1.82) is 0 Å². The third-order valence-corrected chi connectivity index (χ3v) is 8.70. The molecule has 0 bridgehead atoms. The van der Waals surface area contributed by atoms with Gasteiger partial charge in [-0.15, -0.1) is 0 Å². The van der Waals surface area contributed by atoms with E-state index in [4.69, 9.17) is 28.4 Å². The molecular formula is C27H45NaO14. The van der Waals surface area contributed by atoms with Crippen LogP contribution in [-0.2, 0) is 33.2 Å². The van der Waals surface area contributed by atoms with E-state index in [2.05, 4.69) is 0 Å². The van der Waals surface area contributed by atoms with Crippen LogP contribution in [0.1, 0.15) is 58.8 Å². The second kappa shape index (κ2) is 16.5. The van der Waals surface area contributed by atoms with Gasteiger partial charge in [-0.2, -0.15) is 0 Å². The normalized spacial score (nSPS) is 44.2. The number of carboxylic acids is 1. The second-order valence-corrected chi connectivity index (χ2v) is 11.7. The molecule has 3 heterocycles. The third kappa shape index (κ3) is 8.62. The Labute approximate surface area is 267 Å². The zero-order valence-electron chi connectivity index (χ0n) is 24.5. The molecule has 1 saturated carbocycles. The molecule has 0 unspecified atom stereocenters. The Bertz CT molecular complexity index is 833. The average molecular weight is 617 g/mol. The summed E-state index contributed by atoms with van der Waals surface area (Å²) in [6.07, 6.45) is -12.4. The molecule has 14 nitrogen and oxygen atoms in total. The van der Waals surface area contributed by atoms with Gasteiger partial charge in [-0.05, 0) is 32.6 Å². The molecule has 14 atom stereocenters. The van der Waals surface area contributed by atoms with Gasteiger partial charge in [-0.3, -0.25) is 0 Å². The fourth-order valence-corrected chi connectivity index (χ4v) is 6.18. The molecule has 4 fully saturated rings. The number of aliphatic carboxylic acids is 1. The van der Waals surface area contributed by atoms with Crippen molar-refractivity contribution in [2.75, 3.05) is 13.2 Å². The Balaban J connectivity index is 0.00000484. The number of aliphatic hydroxyl groups excluding tert-OH is 6. The zero-order valence-corrected chi connectivity index (χ0v) is 26.5. The quantitative estimate of drug-likeness (QED) is 0.126. The number of rotatable bonds is 10. The van der Waals surface area contributed by atoms with Crippen molar-refractivity contribution >= 4 is 5.97 Å². The van der Waals surface area contributed by atoms with Crippen molar-refractivity contribution in [1.82, 2.24) is 0 Å². The first-order valence-corrected chi connectivity index (χ1v) is 14.6. The first-order chi connectivity index (χ1) is 19.5. The second-order valence-electron chi connectivity index (χ2n) is 11.7. The van der Waals surface area contributed by atoms with Crippen molar-refractivity contribution in [2.45, 2.75) is 145 Å². The van der Waals surface area contributed by atoms with Crippen LogP contribution in [0, 0.1) is 5.92 Å². The van der Waals surface area contributed by atoms with E-state index in [1.165, 1.54) is 6.92 Å². The van der Waals surface area contributed by atoms with E-state index in [9.17, 15) is 40.5 Å². The molecule has 42 heavy (non-hydrogen) atoms. The molecule has 0 aromatic carbocycles. The summed E-state index contributed by atoms with van der Waals surface area (Å²) in [5.41, 5.74) is 0. The van der Waals surface area contributed by atoms with Crippen molar-refractivity contribution in [3.05, 3.63) is 0 Å². The summed E-state index contributed by atoms with van der Waals surface area (Å²) in [5.74, 6) is -1.35. The van der Waals surface area contributed by atoms with E-state index >= 15 is 0 Å². The Kier molecular flexibility index (Phi) is 14.3. The van der Waals surface area contributed by atoms with Crippen LogP contribution in [0.4, 0.5) is 0 Å². The van der Waals surface area contributed by atoms with Gasteiger partial charge >= 0.3 is 29.6 Å². The van der Waals surface area contributed by atoms with Gasteiger partial charge < -0.3 is 69.0 Å². The van der Waals surface area contributed by atoms with Crippen LogP contribution in [0.3, 0.4) is 0 Å². The van der Waals surface area contributed by atoms with Crippen molar-refractivity contribution in [3.63, 3.8) is 0 Å².